The number of hydrogen-bond acceptors (Lipinski definition) is 2. The van der Waals surface area contributed by atoms with Gasteiger partial charge in [-0.05, 0) is 37.1 Å². The molecule has 2 aromatic rings. The summed E-state index contributed by atoms with van der Waals surface area (Å²) in [6, 6.07) is 13.4. The highest BCUT2D eigenvalue weighted by Crippen LogP contribution is 2.24. The maximum Gasteiger partial charge on any atom is 0.126 e. The first-order valence-corrected chi connectivity index (χ1v) is 6.73. The standard InChI is InChI=1S/C17H20FNO/c1-12-8-9-14(10-16(12)18)11-19-13(2)15-6-4-5-7-17(15)20-3/h4-10,13,19H,11H2,1-3H3/t13-/m1/s1. The number of para-hydroxylation sites is 1. The molecule has 1 N–H and O–H groups in total. The van der Waals surface area contributed by atoms with Gasteiger partial charge >= 0.3 is 0 Å². The van der Waals surface area contributed by atoms with Crippen LogP contribution in [0.3, 0.4) is 0 Å². The molecule has 2 aromatic carbocycles. The molecule has 0 amide bonds. The minimum atomic E-state index is -0.158. The van der Waals surface area contributed by atoms with Gasteiger partial charge in [-0.1, -0.05) is 30.3 Å². The molecule has 106 valence electrons. The molecular weight excluding hydrogens is 253 g/mol. The van der Waals surface area contributed by atoms with Gasteiger partial charge in [-0.25, -0.2) is 4.39 Å². The van der Waals surface area contributed by atoms with E-state index in [-0.39, 0.29) is 11.9 Å². The van der Waals surface area contributed by atoms with Gasteiger partial charge in [0.1, 0.15) is 11.6 Å². The molecule has 0 radical (unpaired) electrons. The third kappa shape index (κ3) is 3.36. The Morgan fingerprint density at radius 3 is 2.65 bits per heavy atom. The fraction of sp³-hybridized carbons (Fsp3) is 0.294. The number of nitrogens with one attached hydrogen (secondary N) is 1. The Morgan fingerprint density at radius 2 is 1.95 bits per heavy atom. The molecule has 0 aromatic heterocycles. The summed E-state index contributed by atoms with van der Waals surface area (Å²) >= 11 is 0. The first-order valence-electron chi connectivity index (χ1n) is 6.73. The minimum Gasteiger partial charge on any atom is -0.496 e. The van der Waals surface area contributed by atoms with E-state index in [1.807, 2.05) is 30.3 Å². The van der Waals surface area contributed by atoms with Crippen molar-refractivity contribution in [1.29, 1.82) is 0 Å². The molecule has 0 heterocycles. The van der Waals surface area contributed by atoms with E-state index in [2.05, 4.69) is 12.2 Å². The van der Waals surface area contributed by atoms with Crippen molar-refractivity contribution in [1.82, 2.24) is 5.32 Å². The van der Waals surface area contributed by atoms with E-state index in [1.54, 1.807) is 26.2 Å². The van der Waals surface area contributed by atoms with Crippen LogP contribution in [0.2, 0.25) is 0 Å². The van der Waals surface area contributed by atoms with Gasteiger partial charge in [0.2, 0.25) is 0 Å². The second kappa shape index (κ2) is 6.53. The third-order valence-corrected chi connectivity index (χ3v) is 3.45. The molecule has 0 aliphatic carbocycles. The fourth-order valence-electron chi connectivity index (χ4n) is 2.15. The minimum absolute atomic E-state index is 0.135. The van der Waals surface area contributed by atoms with Crippen LogP contribution in [0, 0.1) is 12.7 Å². The number of benzene rings is 2. The third-order valence-electron chi connectivity index (χ3n) is 3.45. The monoisotopic (exact) mass is 273 g/mol. The van der Waals surface area contributed by atoms with Crippen molar-refractivity contribution in [3.63, 3.8) is 0 Å². The van der Waals surface area contributed by atoms with E-state index >= 15 is 0 Å². The zero-order chi connectivity index (χ0) is 14.5. The molecule has 0 fully saturated rings. The molecule has 3 heteroatoms. The first kappa shape index (κ1) is 14.5. The van der Waals surface area contributed by atoms with Gasteiger partial charge in [0.05, 0.1) is 7.11 Å². The molecule has 2 rings (SSSR count). The summed E-state index contributed by atoms with van der Waals surface area (Å²) in [4.78, 5) is 0. The lowest BCUT2D eigenvalue weighted by Gasteiger charge is -2.17. The summed E-state index contributed by atoms with van der Waals surface area (Å²) in [6.07, 6.45) is 0. The number of aryl methyl sites for hydroxylation is 1. The largest absolute Gasteiger partial charge is 0.496 e. The van der Waals surface area contributed by atoms with Crippen LogP contribution < -0.4 is 10.1 Å². The maximum atomic E-state index is 13.5. The van der Waals surface area contributed by atoms with Crippen LogP contribution >= 0.6 is 0 Å². The summed E-state index contributed by atoms with van der Waals surface area (Å²) in [7, 11) is 1.67. The average Bonchev–Trinajstić information content (AvgIpc) is 2.48. The fourth-order valence-corrected chi connectivity index (χ4v) is 2.15. The second-order valence-electron chi connectivity index (χ2n) is 4.93. The highest BCUT2D eigenvalue weighted by atomic mass is 19.1. The molecule has 1 atom stereocenters. The summed E-state index contributed by atoms with van der Waals surface area (Å²) in [5.41, 5.74) is 2.71. The molecule has 0 spiro atoms. The van der Waals surface area contributed by atoms with E-state index in [1.165, 1.54) is 0 Å². The van der Waals surface area contributed by atoms with Crippen molar-refractivity contribution >= 4 is 0 Å². The van der Waals surface area contributed by atoms with E-state index < -0.39 is 0 Å². The molecule has 2 nitrogen and oxygen atoms in total. The number of ether oxygens (including phenoxy) is 1. The normalized spacial score (nSPS) is 12.2. The Balaban J connectivity index is 2.04. The Hall–Kier alpha value is -1.87. The van der Waals surface area contributed by atoms with Crippen molar-refractivity contribution in [2.24, 2.45) is 0 Å². The summed E-state index contributed by atoms with van der Waals surface area (Å²) < 4.78 is 18.9. The van der Waals surface area contributed by atoms with Gasteiger partial charge in [0.25, 0.3) is 0 Å². The lowest BCUT2D eigenvalue weighted by molar-refractivity contribution is 0.401. The van der Waals surface area contributed by atoms with Crippen LogP contribution in [0.25, 0.3) is 0 Å². The molecule has 0 aliphatic heterocycles. The predicted molar refractivity (Wildman–Crippen MR) is 79.4 cm³/mol. The lowest BCUT2D eigenvalue weighted by Crippen LogP contribution is -2.18. The molecule has 0 unspecified atom stereocenters. The van der Waals surface area contributed by atoms with Gasteiger partial charge in [0, 0.05) is 18.2 Å². The topological polar surface area (TPSA) is 21.3 Å². The van der Waals surface area contributed by atoms with Gasteiger partial charge in [-0.2, -0.15) is 0 Å². The Kier molecular flexibility index (Phi) is 4.74. The van der Waals surface area contributed by atoms with Crippen LogP contribution in [0.15, 0.2) is 42.5 Å². The highest BCUT2D eigenvalue weighted by molar-refractivity contribution is 5.35. The van der Waals surface area contributed by atoms with Crippen LogP contribution in [-0.2, 0) is 6.54 Å². The van der Waals surface area contributed by atoms with Crippen LogP contribution in [0.5, 0.6) is 5.75 Å². The van der Waals surface area contributed by atoms with Gasteiger partial charge < -0.3 is 10.1 Å². The molecule has 0 saturated carbocycles. The molecule has 0 saturated heterocycles. The molecule has 0 bridgehead atoms. The predicted octanol–water partition coefficient (Wildman–Crippen LogP) is 3.99. The smallest absolute Gasteiger partial charge is 0.126 e. The van der Waals surface area contributed by atoms with Crippen molar-refractivity contribution in [2.45, 2.75) is 26.4 Å². The highest BCUT2D eigenvalue weighted by Gasteiger charge is 2.10. The van der Waals surface area contributed by atoms with Crippen LogP contribution in [0.4, 0.5) is 4.39 Å². The van der Waals surface area contributed by atoms with Gasteiger partial charge in [-0.3, -0.25) is 0 Å². The Morgan fingerprint density at radius 1 is 1.20 bits per heavy atom. The number of rotatable bonds is 5. The van der Waals surface area contributed by atoms with Crippen molar-refractivity contribution in [3.8, 4) is 5.75 Å². The summed E-state index contributed by atoms with van der Waals surface area (Å²) in [6.45, 7) is 4.46. The van der Waals surface area contributed by atoms with Crippen molar-refractivity contribution in [2.75, 3.05) is 7.11 Å². The summed E-state index contributed by atoms with van der Waals surface area (Å²) in [5.74, 6) is 0.705. The average molecular weight is 273 g/mol. The van der Waals surface area contributed by atoms with Gasteiger partial charge in [0.15, 0.2) is 0 Å². The van der Waals surface area contributed by atoms with Crippen LogP contribution in [-0.4, -0.2) is 7.11 Å². The van der Waals surface area contributed by atoms with E-state index in [9.17, 15) is 4.39 Å². The number of halogens is 1. The number of hydrogen-bond donors (Lipinski definition) is 1. The Labute approximate surface area is 119 Å². The van der Waals surface area contributed by atoms with Crippen molar-refractivity contribution in [3.05, 3.63) is 65.0 Å². The zero-order valence-electron chi connectivity index (χ0n) is 12.1. The van der Waals surface area contributed by atoms with E-state index in [4.69, 9.17) is 4.74 Å². The lowest BCUT2D eigenvalue weighted by atomic mass is 10.1. The number of methoxy groups -OCH3 is 1. The molecular formula is C17H20FNO. The maximum absolute atomic E-state index is 13.5. The Bertz CT molecular complexity index is 583. The zero-order valence-corrected chi connectivity index (χ0v) is 12.1. The first-order chi connectivity index (χ1) is 9.61. The van der Waals surface area contributed by atoms with E-state index in [0.717, 1.165) is 16.9 Å². The van der Waals surface area contributed by atoms with Gasteiger partial charge in [-0.15, -0.1) is 0 Å². The summed E-state index contributed by atoms with van der Waals surface area (Å²) in [5, 5.41) is 3.39. The second-order valence-corrected chi connectivity index (χ2v) is 4.93. The van der Waals surface area contributed by atoms with E-state index in [0.29, 0.717) is 12.1 Å². The molecule has 20 heavy (non-hydrogen) atoms. The quantitative estimate of drug-likeness (QED) is 0.889. The molecule has 0 aliphatic rings. The SMILES string of the molecule is COc1ccccc1[C@@H](C)NCc1ccc(C)c(F)c1. The van der Waals surface area contributed by atoms with Crippen LogP contribution in [0.1, 0.15) is 29.7 Å². The van der Waals surface area contributed by atoms with Crippen molar-refractivity contribution < 1.29 is 9.13 Å².